The Hall–Kier alpha value is -2.34. The lowest BCUT2D eigenvalue weighted by Crippen LogP contribution is -2.42. The van der Waals surface area contributed by atoms with Crippen LogP contribution in [0.1, 0.15) is 27.0 Å². The van der Waals surface area contributed by atoms with Crippen molar-refractivity contribution in [2.75, 3.05) is 7.05 Å². The highest BCUT2D eigenvalue weighted by Gasteiger charge is 2.46. The molecule has 1 amide bonds. The van der Waals surface area contributed by atoms with Gasteiger partial charge in [0.25, 0.3) is 5.91 Å². The quantitative estimate of drug-likeness (QED) is 0.923. The molecule has 120 valence electrons. The number of benzene rings is 2. The maximum absolute atomic E-state index is 12.6. The Labute approximate surface area is 131 Å². The number of amides is 1. The fraction of sp³-hybridized carbons (Fsp3) is 0.235. The normalized spacial score (nSPS) is 20.7. The van der Waals surface area contributed by atoms with Crippen LogP contribution in [0.4, 0.5) is 13.2 Å². The van der Waals surface area contributed by atoms with E-state index in [9.17, 15) is 23.1 Å². The van der Waals surface area contributed by atoms with E-state index in [4.69, 9.17) is 0 Å². The van der Waals surface area contributed by atoms with E-state index in [0.717, 1.165) is 12.1 Å². The Balaban J connectivity index is 1.95. The molecule has 3 rings (SSSR count). The molecule has 0 radical (unpaired) electrons. The van der Waals surface area contributed by atoms with Crippen molar-refractivity contribution in [2.45, 2.75) is 18.3 Å². The van der Waals surface area contributed by atoms with Gasteiger partial charge < -0.3 is 10.0 Å². The Morgan fingerprint density at radius 1 is 1.09 bits per heavy atom. The summed E-state index contributed by atoms with van der Waals surface area (Å²) in [4.78, 5) is 13.4. The van der Waals surface area contributed by atoms with Gasteiger partial charge in [-0.05, 0) is 23.8 Å². The number of carbonyl (C=O) groups is 1. The van der Waals surface area contributed by atoms with E-state index in [1.165, 1.54) is 24.1 Å². The largest absolute Gasteiger partial charge is 0.416 e. The summed E-state index contributed by atoms with van der Waals surface area (Å²) in [5, 5.41) is 10.9. The fourth-order valence-corrected chi connectivity index (χ4v) is 2.86. The Morgan fingerprint density at radius 2 is 1.70 bits per heavy atom. The minimum absolute atomic E-state index is 0.0182. The third-order valence-electron chi connectivity index (χ3n) is 4.18. The van der Waals surface area contributed by atoms with E-state index in [2.05, 4.69) is 0 Å². The van der Waals surface area contributed by atoms with Gasteiger partial charge >= 0.3 is 6.18 Å². The predicted octanol–water partition coefficient (Wildman–Crippen LogP) is 3.18. The van der Waals surface area contributed by atoms with Gasteiger partial charge in [-0.15, -0.1) is 0 Å². The maximum Gasteiger partial charge on any atom is 0.416 e. The molecule has 0 unspecified atom stereocenters. The first-order chi connectivity index (χ1) is 10.7. The van der Waals surface area contributed by atoms with Gasteiger partial charge in [0.2, 0.25) is 0 Å². The zero-order chi connectivity index (χ0) is 16.8. The summed E-state index contributed by atoms with van der Waals surface area (Å²) < 4.78 is 37.8. The van der Waals surface area contributed by atoms with Crippen molar-refractivity contribution in [3.05, 3.63) is 70.8 Å². The number of aliphatic hydroxyl groups is 1. The van der Waals surface area contributed by atoms with E-state index in [1.807, 2.05) is 0 Å². The fourth-order valence-electron chi connectivity index (χ4n) is 2.86. The third-order valence-corrected chi connectivity index (χ3v) is 4.18. The summed E-state index contributed by atoms with van der Waals surface area (Å²) in [6.07, 6.45) is -4.38. The van der Waals surface area contributed by atoms with Gasteiger partial charge in [-0.2, -0.15) is 13.2 Å². The summed E-state index contributed by atoms with van der Waals surface area (Å²) >= 11 is 0. The molecule has 0 aliphatic carbocycles. The number of nitrogens with zero attached hydrogens (tertiary/aromatic N) is 1. The van der Waals surface area contributed by atoms with Gasteiger partial charge in [0.05, 0.1) is 5.56 Å². The molecule has 3 nitrogen and oxygen atoms in total. The minimum atomic E-state index is -4.40. The average Bonchev–Trinajstić information content (AvgIpc) is 2.70. The Bertz CT molecular complexity index is 755. The van der Waals surface area contributed by atoms with Crippen LogP contribution >= 0.6 is 0 Å². The highest BCUT2D eigenvalue weighted by molar-refractivity contribution is 5.99. The summed E-state index contributed by atoms with van der Waals surface area (Å²) in [6.45, 7) is 0. The topological polar surface area (TPSA) is 40.5 Å². The van der Waals surface area contributed by atoms with E-state index in [1.54, 1.807) is 24.3 Å². The first-order valence-electron chi connectivity index (χ1n) is 6.99. The number of likely N-dealkylation sites (N-methyl/N-ethyl adjacent to an activating group) is 1. The molecule has 1 heterocycles. The smallest absolute Gasteiger partial charge is 0.366 e. The van der Waals surface area contributed by atoms with Crippen molar-refractivity contribution < 1.29 is 23.1 Å². The van der Waals surface area contributed by atoms with Crippen LogP contribution in [0.25, 0.3) is 0 Å². The van der Waals surface area contributed by atoms with Crippen molar-refractivity contribution >= 4 is 5.91 Å². The van der Waals surface area contributed by atoms with E-state index < -0.39 is 17.5 Å². The molecule has 1 N–H and O–H groups in total. The third kappa shape index (κ3) is 2.49. The predicted molar refractivity (Wildman–Crippen MR) is 77.6 cm³/mol. The Kier molecular flexibility index (Phi) is 3.44. The molecular weight excluding hydrogens is 307 g/mol. The molecule has 23 heavy (non-hydrogen) atoms. The summed E-state index contributed by atoms with van der Waals surface area (Å²) in [5.74, 6) is -0.310. The van der Waals surface area contributed by atoms with Crippen LogP contribution in [-0.2, 0) is 18.3 Å². The summed E-state index contributed by atoms with van der Waals surface area (Å²) in [7, 11) is 1.48. The van der Waals surface area contributed by atoms with Crippen molar-refractivity contribution in [3.8, 4) is 0 Å². The standard InChI is InChI=1S/C17H14F3NO2/c1-21-15(22)13-4-2-3-5-14(13)16(21,23)10-11-6-8-12(9-7-11)17(18,19)20/h2-9,23H,10H2,1H3/t16-/m0/s1. The Morgan fingerprint density at radius 3 is 2.30 bits per heavy atom. The van der Waals surface area contributed by atoms with Gasteiger partial charge in [-0.3, -0.25) is 4.79 Å². The second-order valence-corrected chi connectivity index (χ2v) is 5.60. The number of hydrogen-bond acceptors (Lipinski definition) is 2. The molecule has 2 aromatic rings. The molecule has 1 aliphatic heterocycles. The summed E-state index contributed by atoms with van der Waals surface area (Å²) in [5.41, 5.74) is -0.925. The zero-order valence-electron chi connectivity index (χ0n) is 12.3. The zero-order valence-corrected chi connectivity index (χ0v) is 12.3. The van der Waals surface area contributed by atoms with E-state index in [-0.39, 0.29) is 12.3 Å². The number of carbonyl (C=O) groups excluding carboxylic acids is 1. The van der Waals surface area contributed by atoms with Gasteiger partial charge in [0.1, 0.15) is 0 Å². The molecule has 6 heteroatoms. The number of fused-ring (bicyclic) bond motifs is 1. The second kappa shape index (κ2) is 5.09. The second-order valence-electron chi connectivity index (χ2n) is 5.60. The van der Waals surface area contributed by atoms with Crippen LogP contribution < -0.4 is 0 Å². The highest BCUT2D eigenvalue weighted by atomic mass is 19.4. The molecule has 0 saturated heterocycles. The molecule has 0 spiro atoms. The number of hydrogen-bond donors (Lipinski definition) is 1. The maximum atomic E-state index is 12.6. The molecule has 1 aliphatic rings. The van der Waals surface area contributed by atoms with Crippen LogP contribution in [0.2, 0.25) is 0 Å². The van der Waals surface area contributed by atoms with E-state index in [0.29, 0.717) is 16.7 Å². The lowest BCUT2D eigenvalue weighted by Gasteiger charge is -2.31. The molecular formula is C17H14F3NO2. The van der Waals surface area contributed by atoms with Crippen molar-refractivity contribution in [1.29, 1.82) is 0 Å². The average molecular weight is 321 g/mol. The van der Waals surface area contributed by atoms with Crippen LogP contribution in [-0.4, -0.2) is 23.0 Å². The van der Waals surface area contributed by atoms with Crippen LogP contribution in [0, 0.1) is 0 Å². The van der Waals surface area contributed by atoms with Crippen molar-refractivity contribution in [3.63, 3.8) is 0 Å². The number of halogens is 3. The SMILES string of the molecule is CN1C(=O)c2ccccc2[C@@]1(O)Cc1ccc(C(F)(F)F)cc1. The lowest BCUT2D eigenvalue weighted by molar-refractivity contribution is -0.137. The molecule has 2 aromatic carbocycles. The van der Waals surface area contributed by atoms with Crippen molar-refractivity contribution in [2.24, 2.45) is 0 Å². The van der Waals surface area contributed by atoms with E-state index >= 15 is 0 Å². The number of rotatable bonds is 2. The molecule has 1 atom stereocenters. The van der Waals surface area contributed by atoms with Crippen molar-refractivity contribution in [1.82, 2.24) is 4.90 Å². The van der Waals surface area contributed by atoms with Crippen LogP contribution in [0.5, 0.6) is 0 Å². The van der Waals surface area contributed by atoms with Crippen LogP contribution in [0.3, 0.4) is 0 Å². The summed E-state index contributed by atoms with van der Waals surface area (Å²) in [6, 6.07) is 11.3. The first-order valence-corrected chi connectivity index (χ1v) is 6.99. The lowest BCUT2D eigenvalue weighted by atomic mass is 9.94. The first kappa shape index (κ1) is 15.6. The van der Waals surface area contributed by atoms with Gasteiger partial charge in [-0.25, -0.2) is 0 Å². The number of alkyl halides is 3. The molecule has 0 fully saturated rings. The molecule has 0 saturated carbocycles. The highest BCUT2D eigenvalue weighted by Crippen LogP contribution is 2.38. The monoisotopic (exact) mass is 321 g/mol. The van der Waals surface area contributed by atoms with Gasteiger partial charge in [0.15, 0.2) is 5.72 Å². The van der Waals surface area contributed by atoms with Gasteiger partial charge in [0, 0.05) is 24.6 Å². The minimum Gasteiger partial charge on any atom is -0.366 e. The van der Waals surface area contributed by atoms with Crippen LogP contribution in [0.15, 0.2) is 48.5 Å². The molecule has 0 aromatic heterocycles. The molecule has 0 bridgehead atoms. The van der Waals surface area contributed by atoms with Gasteiger partial charge in [-0.1, -0.05) is 30.3 Å².